The van der Waals surface area contributed by atoms with Gasteiger partial charge in [-0.2, -0.15) is 0 Å². The van der Waals surface area contributed by atoms with Crippen LogP contribution in [-0.2, 0) is 11.8 Å². The van der Waals surface area contributed by atoms with Crippen molar-refractivity contribution < 1.29 is 14.7 Å². The lowest BCUT2D eigenvalue weighted by Gasteiger charge is -2.14. The SMILES string of the molecule is CCCCC(NC(=O)c1ccc2[nH]c(=O)n(C)c2c1)C(=O)O. The highest BCUT2D eigenvalue weighted by atomic mass is 16.4. The topological polar surface area (TPSA) is 104 Å². The Balaban J connectivity index is 2.23. The first-order valence-corrected chi connectivity index (χ1v) is 7.16. The normalized spacial score (nSPS) is 12.3. The molecule has 7 nitrogen and oxygen atoms in total. The molecule has 2 aromatic rings. The number of nitrogens with zero attached hydrogens (tertiary/aromatic N) is 1. The Labute approximate surface area is 127 Å². The fourth-order valence-corrected chi connectivity index (χ4v) is 2.27. The maximum atomic E-state index is 12.2. The number of rotatable bonds is 6. The summed E-state index contributed by atoms with van der Waals surface area (Å²) in [5.74, 6) is -1.50. The van der Waals surface area contributed by atoms with Crippen LogP contribution in [-0.4, -0.2) is 32.6 Å². The average molecular weight is 305 g/mol. The summed E-state index contributed by atoms with van der Waals surface area (Å²) < 4.78 is 1.40. The molecule has 1 aromatic carbocycles. The summed E-state index contributed by atoms with van der Waals surface area (Å²) in [5.41, 5.74) is 1.28. The Kier molecular flexibility index (Phi) is 4.65. The molecular weight excluding hydrogens is 286 g/mol. The van der Waals surface area contributed by atoms with Crippen molar-refractivity contribution in [3.8, 4) is 0 Å². The number of carbonyl (C=O) groups excluding carboxylic acids is 1. The molecule has 118 valence electrons. The van der Waals surface area contributed by atoms with E-state index in [0.29, 0.717) is 23.0 Å². The standard InChI is InChI=1S/C15H19N3O4/c1-3-4-5-11(14(20)21)16-13(19)9-6-7-10-12(8-9)18(2)15(22)17-10/h6-8,11H,3-5H2,1-2H3,(H,16,19)(H,17,22)(H,20,21). The van der Waals surface area contributed by atoms with Gasteiger partial charge in [0.05, 0.1) is 11.0 Å². The van der Waals surface area contributed by atoms with Gasteiger partial charge in [0.1, 0.15) is 6.04 Å². The van der Waals surface area contributed by atoms with Gasteiger partial charge < -0.3 is 15.4 Å². The van der Waals surface area contributed by atoms with Crippen molar-refractivity contribution >= 4 is 22.9 Å². The number of aromatic nitrogens is 2. The molecule has 1 amide bonds. The number of H-pyrrole nitrogens is 1. The Hall–Kier alpha value is -2.57. The summed E-state index contributed by atoms with van der Waals surface area (Å²) in [5, 5.41) is 11.7. The van der Waals surface area contributed by atoms with Crippen molar-refractivity contribution in [3.63, 3.8) is 0 Å². The molecule has 22 heavy (non-hydrogen) atoms. The lowest BCUT2D eigenvalue weighted by molar-refractivity contribution is -0.139. The zero-order valence-corrected chi connectivity index (χ0v) is 12.5. The maximum Gasteiger partial charge on any atom is 0.326 e. The first-order chi connectivity index (χ1) is 10.4. The lowest BCUT2D eigenvalue weighted by atomic mass is 10.1. The quantitative estimate of drug-likeness (QED) is 0.746. The Morgan fingerprint density at radius 1 is 1.41 bits per heavy atom. The third kappa shape index (κ3) is 3.19. The van der Waals surface area contributed by atoms with Gasteiger partial charge in [0, 0.05) is 12.6 Å². The predicted octanol–water partition coefficient (Wildman–Crippen LogP) is 1.24. The molecule has 0 aliphatic carbocycles. The predicted molar refractivity (Wildman–Crippen MR) is 82.0 cm³/mol. The number of carboxylic acids is 1. The van der Waals surface area contributed by atoms with Crippen LogP contribution in [0.3, 0.4) is 0 Å². The minimum Gasteiger partial charge on any atom is -0.480 e. The van der Waals surface area contributed by atoms with Crippen molar-refractivity contribution in [1.29, 1.82) is 0 Å². The molecule has 0 saturated heterocycles. The van der Waals surface area contributed by atoms with Gasteiger partial charge in [0.2, 0.25) is 0 Å². The second-order valence-corrected chi connectivity index (χ2v) is 5.23. The highest BCUT2D eigenvalue weighted by Crippen LogP contribution is 2.12. The molecule has 0 aliphatic rings. The summed E-state index contributed by atoms with van der Waals surface area (Å²) in [6.45, 7) is 1.96. The number of fused-ring (bicyclic) bond motifs is 1. The van der Waals surface area contributed by atoms with Crippen LogP contribution in [0.1, 0.15) is 36.5 Å². The van der Waals surface area contributed by atoms with E-state index in [4.69, 9.17) is 5.11 Å². The first kappa shape index (κ1) is 15.8. The van der Waals surface area contributed by atoms with Crippen LogP contribution >= 0.6 is 0 Å². The molecule has 2 rings (SSSR count). The molecule has 0 saturated carbocycles. The third-order valence-electron chi connectivity index (χ3n) is 3.62. The first-order valence-electron chi connectivity index (χ1n) is 7.16. The van der Waals surface area contributed by atoms with Crippen LogP contribution in [0.2, 0.25) is 0 Å². The molecular formula is C15H19N3O4. The van der Waals surface area contributed by atoms with Gasteiger partial charge in [-0.1, -0.05) is 19.8 Å². The van der Waals surface area contributed by atoms with Gasteiger partial charge >= 0.3 is 11.7 Å². The molecule has 0 spiro atoms. The fraction of sp³-hybridized carbons (Fsp3) is 0.400. The van der Waals surface area contributed by atoms with Crippen LogP contribution in [0, 0.1) is 0 Å². The largest absolute Gasteiger partial charge is 0.480 e. The smallest absolute Gasteiger partial charge is 0.326 e. The zero-order valence-electron chi connectivity index (χ0n) is 12.5. The van der Waals surface area contributed by atoms with Gasteiger partial charge in [0.15, 0.2) is 0 Å². The molecule has 1 aromatic heterocycles. The second kappa shape index (κ2) is 6.46. The van der Waals surface area contributed by atoms with Crippen LogP contribution in [0.25, 0.3) is 11.0 Å². The Bertz CT molecular complexity index is 760. The molecule has 0 bridgehead atoms. The number of nitrogens with one attached hydrogen (secondary N) is 2. The van der Waals surface area contributed by atoms with Crippen molar-refractivity contribution in [3.05, 3.63) is 34.2 Å². The summed E-state index contributed by atoms with van der Waals surface area (Å²) in [6, 6.07) is 3.86. The highest BCUT2D eigenvalue weighted by molar-refractivity contribution is 5.99. The van der Waals surface area contributed by atoms with E-state index in [9.17, 15) is 14.4 Å². The molecule has 1 heterocycles. The number of carboxylic acid groups (broad SMARTS) is 1. The maximum absolute atomic E-state index is 12.2. The molecule has 3 N–H and O–H groups in total. The van der Waals surface area contributed by atoms with E-state index in [0.717, 1.165) is 12.8 Å². The summed E-state index contributed by atoms with van der Waals surface area (Å²) in [4.78, 5) is 37.6. The molecule has 1 unspecified atom stereocenters. The Morgan fingerprint density at radius 2 is 2.14 bits per heavy atom. The molecule has 1 atom stereocenters. The number of hydrogen-bond donors (Lipinski definition) is 3. The van der Waals surface area contributed by atoms with Crippen molar-refractivity contribution in [1.82, 2.24) is 14.9 Å². The van der Waals surface area contributed by atoms with E-state index in [1.54, 1.807) is 25.2 Å². The van der Waals surface area contributed by atoms with Gasteiger partial charge in [-0.15, -0.1) is 0 Å². The number of aryl methyl sites for hydroxylation is 1. The number of aromatic amines is 1. The van der Waals surface area contributed by atoms with E-state index < -0.39 is 17.9 Å². The van der Waals surface area contributed by atoms with Gasteiger partial charge in [-0.05, 0) is 24.6 Å². The number of hydrogen-bond acceptors (Lipinski definition) is 3. The number of imidazole rings is 1. The van der Waals surface area contributed by atoms with Crippen molar-refractivity contribution in [2.24, 2.45) is 7.05 Å². The number of amides is 1. The third-order valence-corrected chi connectivity index (χ3v) is 3.62. The number of unbranched alkanes of at least 4 members (excludes halogenated alkanes) is 1. The Morgan fingerprint density at radius 3 is 2.77 bits per heavy atom. The van der Waals surface area contributed by atoms with Crippen LogP contribution < -0.4 is 11.0 Å². The number of aliphatic carboxylic acids is 1. The van der Waals surface area contributed by atoms with Crippen molar-refractivity contribution in [2.45, 2.75) is 32.2 Å². The molecule has 0 aliphatic heterocycles. The van der Waals surface area contributed by atoms with E-state index in [2.05, 4.69) is 10.3 Å². The van der Waals surface area contributed by atoms with E-state index in [1.165, 1.54) is 4.57 Å². The summed E-state index contributed by atoms with van der Waals surface area (Å²) in [6.07, 6.45) is 1.97. The number of benzene rings is 1. The van der Waals surface area contributed by atoms with E-state index in [-0.39, 0.29) is 5.69 Å². The monoisotopic (exact) mass is 305 g/mol. The number of carbonyl (C=O) groups is 2. The van der Waals surface area contributed by atoms with Crippen molar-refractivity contribution in [2.75, 3.05) is 0 Å². The van der Waals surface area contributed by atoms with Crippen LogP contribution in [0.15, 0.2) is 23.0 Å². The summed E-state index contributed by atoms with van der Waals surface area (Å²) >= 11 is 0. The fourth-order valence-electron chi connectivity index (χ4n) is 2.27. The second-order valence-electron chi connectivity index (χ2n) is 5.23. The van der Waals surface area contributed by atoms with E-state index >= 15 is 0 Å². The minimum absolute atomic E-state index is 0.265. The lowest BCUT2D eigenvalue weighted by Crippen LogP contribution is -2.40. The summed E-state index contributed by atoms with van der Waals surface area (Å²) in [7, 11) is 1.60. The minimum atomic E-state index is -1.04. The average Bonchev–Trinajstić information content (AvgIpc) is 2.77. The van der Waals surface area contributed by atoms with Gasteiger partial charge in [0.25, 0.3) is 5.91 Å². The van der Waals surface area contributed by atoms with Gasteiger partial charge in [-0.3, -0.25) is 9.36 Å². The molecule has 0 radical (unpaired) electrons. The van der Waals surface area contributed by atoms with Crippen LogP contribution in [0.5, 0.6) is 0 Å². The van der Waals surface area contributed by atoms with Crippen LogP contribution in [0.4, 0.5) is 0 Å². The molecule has 0 fully saturated rings. The highest BCUT2D eigenvalue weighted by Gasteiger charge is 2.20. The molecule has 7 heteroatoms. The van der Waals surface area contributed by atoms with Gasteiger partial charge in [-0.25, -0.2) is 9.59 Å². The van der Waals surface area contributed by atoms with E-state index in [1.807, 2.05) is 6.92 Å². The zero-order chi connectivity index (χ0) is 16.3.